The Balaban J connectivity index is 1.54. The first-order valence-electron chi connectivity index (χ1n) is 9.61. The topological polar surface area (TPSA) is 3.24 Å². The maximum Gasteiger partial charge on any atom is 0.00103 e. The van der Waals surface area contributed by atoms with E-state index < -0.39 is 0 Å². The average Bonchev–Trinajstić information content (AvgIpc) is 2.63. The molecule has 2 aromatic rings. The van der Waals surface area contributed by atoms with Gasteiger partial charge in [-0.1, -0.05) is 74.9 Å². The Morgan fingerprint density at radius 2 is 1.71 bits per heavy atom. The Hall–Kier alpha value is -1.60. The predicted octanol–water partition coefficient (Wildman–Crippen LogP) is 5.65. The maximum atomic E-state index is 2.70. The van der Waals surface area contributed by atoms with Crippen molar-refractivity contribution in [2.45, 2.75) is 39.5 Å². The number of rotatable bonds is 6. The second kappa shape index (κ2) is 8.48. The summed E-state index contributed by atoms with van der Waals surface area (Å²) in [4.78, 5) is 2.70. The molecule has 0 spiro atoms. The lowest BCUT2D eigenvalue weighted by Crippen LogP contribution is -2.38. The number of nitrogens with zero attached hydrogens (tertiary/aromatic N) is 1. The van der Waals surface area contributed by atoms with Gasteiger partial charge >= 0.3 is 0 Å². The summed E-state index contributed by atoms with van der Waals surface area (Å²) < 4.78 is 0. The molecule has 0 aromatic heterocycles. The Labute approximate surface area is 147 Å². The van der Waals surface area contributed by atoms with Crippen molar-refractivity contribution >= 4 is 0 Å². The minimum absolute atomic E-state index is 0.725. The molecule has 2 atom stereocenters. The van der Waals surface area contributed by atoms with Gasteiger partial charge in [0.1, 0.15) is 0 Å². The molecule has 0 N–H and O–H groups in total. The minimum atomic E-state index is 0.725. The maximum absolute atomic E-state index is 2.70. The molecule has 2 unspecified atom stereocenters. The summed E-state index contributed by atoms with van der Waals surface area (Å²) >= 11 is 0. The van der Waals surface area contributed by atoms with Crippen molar-refractivity contribution in [1.29, 1.82) is 0 Å². The Morgan fingerprint density at radius 3 is 2.42 bits per heavy atom. The van der Waals surface area contributed by atoms with Crippen LogP contribution in [0.3, 0.4) is 0 Å². The van der Waals surface area contributed by atoms with Crippen LogP contribution < -0.4 is 0 Å². The van der Waals surface area contributed by atoms with E-state index >= 15 is 0 Å². The Kier molecular flexibility index (Phi) is 6.09. The number of likely N-dealkylation sites (tertiary alicyclic amines) is 1. The lowest BCUT2D eigenvalue weighted by Gasteiger charge is -2.34. The lowest BCUT2D eigenvalue weighted by atomic mass is 9.93. The zero-order valence-corrected chi connectivity index (χ0v) is 15.2. The van der Waals surface area contributed by atoms with Gasteiger partial charge in [-0.05, 0) is 54.3 Å². The second-order valence-electron chi connectivity index (χ2n) is 7.55. The summed E-state index contributed by atoms with van der Waals surface area (Å²) in [6.07, 6.45) is 5.34. The van der Waals surface area contributed by atoms with E-state index in [4.69, 9.17) is 0 Å². The summed E-state index contributed by atoms with van der Waals surface area (Å²) in [6, 6.07) is 19.8. The summed E-state index contributed by atoms with van der Waals surface area (Å²) in [5, 5.41) is 0. The summed E-state index contributed by atoms with van der Waals surface area (Å²) in [5.74, 6) is 1.65. The van der Waals surface area contributed by atoms with Crippen molar-refractivity contribution < 1.29 is 0 Å². The molecule has 1 heteroatoms. The van der Waals surface area contributed by atoms with E-state index in [1.165, 1.54) is 62.0 Å². The van der Waals surface area contributed by atoms with Crippen LogP contribution in [-0.2, 0) is 6.42 Å². The number of piperidine rings is 1. The highest BCUT2D eigenvalue weighted by Crippen LogP contribution is 2.22. The highest BCUT2D eigenvalue weighted by molar-refractivity contribution is 5.63. The highest BCUT2D eigenvalue weighted by Gasteiger charge is 2.19. The van der Waals surface area contributed by atoms with Gasteiger partial charge in [-0.3, -0.25) is 0 Å². The van der Waals surface area contributed by atoms with Crippen LogP contribution in [0.5, 0.6) is 0 Å². The van der Waals surface area contributed by atoms with Crippen molar-refractivity contribution in [3.63, 3.8) is 0 Å². The molecule has 128 valence electrons. The molecule has 3 rings (SSSR count). The molecule has 24 heavy (non-hydrogen) atoms. The fourth-order valence-electron chi connectivity index (χ4n) is 4.02. The van der Waals surface area contributed by atoms with Crippen molar-refractivity contribution in [2.24, 2.45) is 11.8 Å². The van der Waals surface area contributed by atoms with Gasteiger partial charge in [-0.15, -0.1) is 0 Å². The van der Waals surface area contributed by atoms with Gasteiger partial charge < -0.3 is 4.90 Å². The van der Waals surface area contributed by atoms with E-state index in [9.17, 15) is 0 Å². The molecule has 0 saturated carbocycles. The van der Waals surface area contributed by atoms with Gasteiger partial charge in [0.15, 0.2) is 0 Å². The zero-order chi connectivity index (χ0) is 16.8. The fourth-order valence-corrected chi connectivity index (χ4v) is 4.02. The second-order valence-corrected chi connectivity index (χ2v) is 7.55. The molecule has 2 aromatic carbocycles. The van der Waals surface area contributed by atoms with Crippen LogP contribution in [0.2, 0.25) is 0 Å². The fraction of sp³-hybridized carbons (Fsp3) is 0.478. The van der Waals surface area contributed by atoms with Crippen molar-refractivity contribution in [3.8, 4) is 11.1 Å². The molecule has 0 radical (unpaired) electrons. The molecular weight excluding hydrogens is 290 g/mol. The molecule has 0 bridgehead atoms. The smallest absolute Gasteiger partial charge is 0.00103 e. The van der Waals surface area contributed by atoms with Gasteiger partial charge in [0, 0.05) is 13.1 Å². The minimum Gasteiger partial charge on any atom is -0.303 e. The molecule has 1 nitrogen and oxygen atoms in total. The van der Waals surface area contributed by atoms with Crippen LogP contribution in [0.15, 0.2) is 54.6 Å². The third kappa shape index (κ3) is 4.70. The van der Waals surface area contributed by atoms with Gasteiger partial charge in [0.25, 0.3) is 0 Å². The summed E-state index contributed by atoms with van der Waals surface area (Å²) in [6.45, 7) is 8.60. The van der Waals surface area contributed by atoms with Crippen LogP contribution >= 0.6 is 0 Å². The molecule has 0 amide bonds. The number of benzene rings is 2. The standard InChI is InChI=1S/C23H31N/c1-3-20-8-7-15-24(18-20)17-19(2)16-21-11-13-23(14-12-21)22-9-5-4-6-10-22/h4-6,9-14,19-20H,3,7-8,15-18H2,1-2H3. The largest absolute Gasteiger partial charge is 0.303 e. The third-order valence-corrected chi connectivity index (χ3v) is 5.40. The third-order valence-electron chi connectivity index (χ3n) is 5.40. The van der Waals surface area contributed by atoms with Crippen LogP contribution in [0.25, 0.3) is 11.1 Å². The highest BCUT2D eigenvalue weighted by atomic mass is 15.1. The van der Waals surface area contributed by atoms with E-state index in [0.29, 0.717) is 0 Å². The number of hydrogen-bond acceptors (Lipinski definition) is 1. The van der Waals surface area contributed by atoms with E-state index in [2.05, 4.69) is 73.3 Å². The summed E-state index contributed by atoms with van der Waals surface area (Å²) in [5.41, 5.74) is 4.08. The monoisotopic (exact) mass is 321 g/mol. The van der Waals surface area contributed by atoms with E-state index in [0.717, 1.165) is 11.8 Å². The SMILES string of the molecule is CCC1CCCN(CC(C)Cc2ccc(-c3ccccc3)cc2)C1. The van der Waals surface area contributed by atoms with Gasteiger partial charge in [0.2, 0.25) is 0 Å². The van der Waals surface area contributed by atoms with Gasteiger partial charge in [-0.2, -0.15) is 0 Å². The zero-order valence-electron chi connectivity index (χ0n) is 15.2. The first-order valence-corrected chi connectivity index (χ1v) is 9.61. The predicted molar refractivity (Wildman–Crippen MR) is 104 cm³/mol. The molecule has 1 heterocycles. The lowest BCUT2D eigenvalue weighted by molar-refractivity contribution is 0.152. The average molecular weight is 322 g/mol. The normalized spacial score (nSPS) is 20.0. The molecule has 1 saturated heterocycles. The Morgan fingerprint density at radius 1 is 1.00 bits per heavy atom. The first kappa shape index (κ1) is 17.2. The van der Waals surface area contributed by atoms with Gasteiger partial charge in [0.05, 0.1) is 0 Å². The van der Waals surface area contributed by atoms with E-state index in [-0.39, 0.29) is 0 Å². The van der Waals surface area contributed by atoms with E-state index in [1.54, 1.807) is 0 Å². The van der Waals surface area contributed by atoms with Gasteiger partial charge in [-0.25, -0.2) is 0 Å². The van der Waals surface area contributed by atoms with Crippen molar-refractivity contribution in [2.75, 3.05) is 19.6 Å². The molecule has 0 aliphatic carbocycles. The summed E-state index contributed by atoms with van der Waals surface area (Å²) in [7, 11) is 0. The molecule has 1 aliphatic heterocycles. The quantitative estimate of drug-likeness (QED) is 0.664. The van der Waals surface area contributed by atoms with Crippen LogP contribution in [0.4, 0.5) is 0 Å². The first-order chi connectivity index (χ1) is 11.7. The van der Waals surface area contributed by atoms with E-state index in [1.807, 2.05) is 0 Å². The van der Waals surface area contributed by atoms with Crippen LogP contribution in [-0.4, -0.2) is 24.5 Å². The molecular formula is C23H31N. The Bertz CT molecular complexity index is 602. The van der Waals surface area contributed by atoms with Crippen LogP contribution in [0.1, 0.15) is 38.7 Å². The van der Waals surface area contributed by atoms with Crippen molar-refractivity contribution in [3.05, 3.63) is 60.2 Å². The number of hydrogen-bond donors (Lipinski definition) is 0. The molecule has 1 aliphatic rings. The van der Waals surface area contributed by atoms with Crippen molar-refractivity contribution in [1.82, 2.24) is 4.90 Å². The molecule has 1 fully saturated rings. The van der Waals surface area contributed by atoms with Crippen LogP contribution in [0, 0.1) is 11.8 Å².